The molecule has 2 heterocycles. The van der Waals surface area contributed by atoms with Gasteiger partial charge in [0.15, 0.2) is 15.0 Å². The van der Waals surface area contributed by atoms with E-state index in [1.54, 1.807) is 14.2 Å². The third kappa shape index (κ3) is 5.10. The van der Waals surface area contributed by atoms with Crippen LogP contribution in [-0.4, -0.2) is 46.0 Å². The fourth-order valence-corrected chi connectivity index (χ4v) is 7.13. The van der Waals surface area contributed by atoms with Crippen molar-refractivity contribution in [2.45, 2.75) is 29.4 Å². The van der Waals surface area contributed by atoms with Crippen LogP contribution in [0.1, 0.15) is 24.1 Å². The van der Waals surface area contributed by atoms with Crippen molar-refractivity contribution in [2.75, 3.05) is 32.2 Å². The van der Waals surface area contributed by atoms with Crippen LogP contribution in [0.3, 0.4) is 0 Å². The lowest BCUT2D eigenvalue weighted by atomic mass is 10.1. The van der Waals surface area contributed by atoms with Gasteiger partial charge in [0.2, 0.25) is 0 Å². The number of sulfone groups is 1. The van der Waals surface area contributed by atoms with E-state index >= 15 is 0 Å². The second-order valence-electron chi connectivity index (χ2n) is 7.78. The van der Waals surface area contributed by atoms with Gasteiger partial charge in [0.1, 0.15) is 17.3 Å². The van der Waals surface area contributed by atoms with Crippen LogP contribution in [0, 0.1) is 5.82 Å². The summed E-state index contributed by atoms with van der Waals surface area (Å²) in [5.74, 6) is 0.974. The molecule has 4 rings (SSSR count). The number of halogens is 2. The van der Waals surface area contributed by atoms with Gasteiger partial charge in [-0.15, -0.1) is 11.3 Å². The molecule has 176 valence electrons. The summed E-state index contributed by atoms with van der Waals surface area (Å²) >= 11 is 7.55. The summed E-state index contributed by atoms with van der Waals surface area (Å²) < 4.78 is 50.2. The molecule has 2 aromatic carbocycles. The molecule has 1 aliphatic heterocycles. The van der Waals surface area contributed by atoms with E-state index in [2.05, 4.69) is 4.90 Å². The Hall–Kier alpha value is -2.36. The van der Waals surface area contributed by atoms with Crippen molar-refractivity contribution in [1.82, 2.24) is 4.98 Å². The molecular formula is C23H24ClFN2O4S2. The molecule has 3 aromatic rings. The number of piperidine rings is 1. The number of rotatable bonds is 7. The van der Waals surface area contributed by atoms with Crippen LogP contribution in [0.25, 0.3) is 0 Å². The highest BCUT2D eigenvalue weighted by atomic mass is 35.5. The Morgan fingerprint density at radius 2 is 1.91 bits per heavy atom. The molecule has 0 unspecified atom stereocenters. The van der Waals surface area contributed by atoms with E-state index in [4.69, 9.17) is 26.1 Å². The number of hydrogen-bond donors (Lipinski definition) is 0. The van der Waals surface area contributed by atoms with Gasteiger partial charge >= 0.3 is 0 Å². The van der Waals surface area contributed by atoms with E-state index in [9.17, 15) is 12.8 Å². The van der Waals surface area contributed by atoms with Gasteiger partial charge in [-0.25, -0.2) is 17.8 Å². The van der Waals surface area contributed by atoms with Crippen LogP contribution < -0.4 is 14.4 Å². The zero-order valence-corrected chi connectivity index (χ0v) is 20.6. The number of ether oxygens (including phenoxy) is 2. The Morgan fingerprint density at radius 1 is 1.15 bits per heavy atom. The summed E-state index contributed by atoms with van der Waals surface area (Å²) in [4.78, 5) is 6.86. The summed E-state index contributed by atoms with van der Waals surface area (Å²) in [5, 5.41) is 2.24. The van der Waals surface area contributed by atoms with E-state index in [1.807, 2.05) is 23.6 Å². The molecule has 0 saturated carbocycles. The van der Waals surface area contributed by atoms with Crippen LogP contribution in [0.15, 0.2) is 46.7 Å². The Morgan fingerprint density at radius 3 is 2.58 bits per heavy atom. The van der Waals surface area contributed by atoms with Gasteiger partial charge in [-0.1, -0.05) is 11.6 Å². The zero-order chi connectivity index (χ0) is 23.6. The third-order valence-corrected chi connectivity index (χ3v) is 9.44. The van der Waals surface area contributed by atoms with E-state index in [1.165, 1.54) is 17.4 Å². The molecule has 1 saturated heterocycles. The number of methoxy groups -OCH3 is 2. The second-order valence-corrected chi connectivity index (χ2v) is 11.2. The molecule has 1 aliphatic rings. The quantitative estimate of drug-likeness (QED) is 0.417. The number of anilines is 1. The molecule has 0 atom stereocenters. The SMILES string of the molecule is COc1ccc(OC)c(Cc2csc(N3CCC(S(=O)(=O)c4ccc(F)cc4Cl)CC3)n2)c1. The number of thiazole rings is 1. The standard InChI is InChI=1S/C23H24ClFN2O4S2/c1-30-18-4-5-21(31-2)15(12-18)11-17-14-32-23(26-17)27-9-7-19(8-10-27)33(28,29)22-6-3-16(25)13-20(22)24/h3-6,12-14,19H,7-11H2,1-2H3. The third-order valence-electron chi connectivity index (χ3n) is 5.75. The van der Waals surface area contributed by atoms with Crippen molar-refractivity contribution < 1.29 is 22.3 Å². The fourth-order valence-electron chi connectivity index (χ4n) is 3.98. The van der Waals surface area contributed by atoms with E-state index in [0.717, 1.165) is 40.0 Å². The lowest BCUT2D eigenvalue weighted by molar-refractivity contribution is 0.399. The highest BCUT2D eigenvalue weighted by Gasteiger charge is 2.33. The lowest BCUT2D eigenvalue weighted by Crippen LogP contribution is -2.39. The van der Waals surface area contributed by atoms with E-state index < -0.39 is 20.9 Å². The van der Waals surface area contributed by atoms with Crippen molar-refractivity contribution >= 4 is 37.9 Å². The second kappa shape index (κ2) is 9.87. The Labute approximate surface area is 201 Å². The Bertz CT molecular complexity index is 1240. The monoisotopic (exact) mass is 510 g/mol. The molecular weight excluding hydrogens is 487 g/mol. The molecule has 0 N–H and O–H groups in total. The van der Waals surface area contributed by atoms with Crippen molar-refractivity contribution in [3.05, 3.63) is 63.9 Å². The maximum absolute atomic E-state index is 13.3. The molecule has 1 aromatic heterocycles. The predicted octanol–water partition coefficient (Wildman–Crippen LogP) is 4.99. The molecule has 0 radical (unpaired) electrons. The first-order valence-electron chi connectivity index (χ1n) is 10.4. The smallest absolute Gasteiger partial charge is 0.185 e. The van der Waals surface area contributed by atoms with Crippen LogP contribution >= 0.6 is 22.9 Å². The lowest BCUT2D eigenvalue weighted by Gasteiger charge is -2.31. The van der Waals surface area contributed by atoms with Gasteiger partial charge in [0.05, 0.1) is 35.1 Å². The molecule has 33 heavy (non-hydrogen) atoms. The Balaban J connectivity index is 1.43. The average molecular weight is 511 g/mol. The maximum Gasteiger partial charge on any atom is 0.185 e. The average Bonchev–Trinajstić information content (AvgIpc) is 3.27. The minimum atomic E-state index is -3.63. The number of nitrogens with zero attached hydrogens (tertiary/aromatic N) is 2. The summed E-state index contributed by atoms with van der Waals surface area (Å²) in [5.41, 5.74) is 1.89. The van der Waals surface area contributed by atoms with Gasteiger partial charge in [0.25, 0.3) is 0 Å². The molecule has 0 amide bonds. The normalized spacial score (nSPS) is 15.0. The molecule has 6 nitrogen and oxygen atoms in total. The van der Waals surface area contributed by atoms with Gasteiger partial charge < -0.3 is 14.4 Å². The van der Waals surface area contributed by atoms with Crippen molar-refractivity contribution in [1.29, 1.82) is 0 Å². The summed E-state index contributed by atoms with van der Waals surface area (Å²) in [6, 6.07) is 9.08. The fraction of sp³-hybridized carbons (Fsp3) is 0.348. The number of hydrogen-bond acceptors (Lipinski definition) is 7. The van der Waals surface area contributed by atoms with E-state index in [-0.39, 0.29) is 9.92 Å². The first kappa shape index (κ1) is 23.8. The van der Waals surface area contributed by atoms with Gasteiger partial charge in [0, 0.05) is 30.5 Å². The number of benzene rings is 2. The maximum atomic E-state index is 13.3. The summed E-state index contributed by atoms with van der Waals surface area (Å²) in [6.07, 6.45) is 1.51. The van der Waals surface area contributed by atoms with Gasteiger partial charge in [-0.05, 0) is 49.2 Å². The van der Waals surface area contributed by atoms with Gasteiger partial charge in [-0.3, -0.25) is 0 Å². The molecule has 0 spiro atoms. The van der Waals surface area contributed by atoms with E-state index in [0.29, 0.717) is 32.4 Å². The predicted molar refractivity (Wildman–Crippen MR) is 128 cm³/mol. The zero-order valence-electron chi connectivity index (χ0n) is 18.3. The minimum absolute atomic E-state index is 0.00668. The topological polar surface area (TPSA) is 68.7 Å². The largest absolute Gasteiger partial charge is 0.497 e. The van der Waals surface area contributed by atoms with Gasteiger partial charge in [-0.2, -0.15) is 0 Å². The van der Waals surface area contributed by atoms with Crippen LogP contribution in [0.2, 0.25) is 5.02 Å². The van der Waals surface area contributed by atoms with Crippen molar-refractivity contribution in [3.63, 3.8) is 0 Å². The molecule has 0 bridgehead atoms. The number of aromatic nitrogens is 1. The van der Waals surface area contributed by atoms with Crippen molar-refractivity contribution in [2.24, 2.45) is 0 Å². The molecule has 10 heteroatoms. The highest BCUT2D eigenvalue weighted by molar-refractivity contribution is 7.92. The van der Waals surface area contributed by atoms with Crippen molar-refractivity contribution in [3.8, 4) is 11.5 Å². The van der Waals surface area contributed by atoms with Crippen LogP contribution in [0.4, 0.5) is 9.52 Å². The van der Waals surface area contributed by atoms with Crippen LogP contribution in [-0.2, 0) is 16.3 Å². The molecule has 1 fully saturated rings. The summed E-state index contributed by atoms with van der Waals surface area (Å²) in [7, 11) is -0.374. The minimum Gasteiger partial charge on any atom is -0.497 e. The molecule has 0 aliphatic carbocycles. The highest BCUT2D eigenvalue weighted by Crippen LogP contribution is 2.33. The Kier molecular flexibility index (Phi) is 7.11. The first-order valence-corrected chi connectivity index (χ1v) is 13.2. The van der Waals surface area contributed by atoms with Crippen LogP contribution in [0.5, 0.6) is 11.5 Å². The summed E-state index contributed by atoms with van der Waals surface area (Å²) in [6.45, 7) is 1.14. The first-order chi connectivity index (χ1) is 15.8.